The lowest BCUT2D eigenvalue weighted by Gasteiger charge is -2.16. The van der Waals surface area contributed by atoms with Gasteiger partial charge in [-0.15, -0.1) is 0 Å². The molecule has 10 heteroatoms. The number of nitrogens with one attached hydrogen (secondary N) is 2. The van der Waals surface area contributed by atoms with Crippen molar-refractivity contribution in [1.29, 1.82) is 0 Å². The Morgan fingerprint density at radius 1 is 1.32 bits per heavy atom. The zero-order valence-electron chi connectivity index (χ0n) is 11.9. The van der Waals surface area contributed by atoms with Crippen molar-refractivity contribution < 1.29 is 21.2 Å². The minimum absolute atomic E-state index is 0.167. The summed E-state index contributed by atoms with van der Waals surface area (Å²) in [6.07, 6.45) is 2.70. The highest BCUT2D eigenvalue weighted by Gasteiger charge is 2.33. The normalized spacial score (nSPS) is 17.2. The van der Waals surface area contributed by atoms with Crippen LogP contribution in [0.15, 0.2) is 23.1 Å². The first-order chi connectivity index (χ1) is 10.1. The molecule has 0 amide bonds. The molecule has 1 atom stereocenters. The SMILES string of the molecule is CS(=O)(=O)Nc1ccc(S(=O)(=O)NC(CN)C2CC2)cc1F. The van der Waals surface area contributed by atoms with Crippen LogP contribution in [0.3, 0.4) is 0 Å². The average Bonchev–Trinajstić information content (AvgIpc) is 3.21. The maximum Gasteiger partial charge on any atom is 0.240 e. The van der Waals surface area contributed by atoms with E-state index in [1.165, 1.54) is 0 Å². The molecular weight excluding hydrogens is 333 g/mol. The van der Waals surface area contributed by atoms with Crippen molar-refractivity contribution in [1.82, 2.24) is 4.72 Å². The molecule has 0 aliphatic heterocycles. The molecule has 4 N–H and O–H groups in total. The largest absolute Gasteiger partial charge is 0.329 e. The highest BCUT2D eigenvalue weighted by atomic mass is 32.2. The molecule has 1 aromatic rings. The quantitative estimate of drug-likeness (QED) is 0.649. The highest BCUT2D eigenvalue weighted by molar-refractivity contribution is 7.92. The van der Waals surface area contributed by atoms with E-state index in [0.29, 0.717) is 0 Å². The Hall–Kier alpha value is -1.23. The second-order valence-electron chi connectivity index (χ2n) is 5.32. The van der Waals surface area contributed by atoms with E-state index in [-0.39, 0.29) is 29.1 Å². The fraction of sp³-hybridized carbons (Fsp3) is 0.500. The lowest BCUT2D eigenvalue weighted by molar-refractivity contribution is 0.518. The van der Waals surface area contributed by atoms with E-state index < -0.39 is 25.9 Å². The van der Waals surface area contributed by atoms with Crippen LogP contribution in [-0.4, -0.2) is 35.7 Å². The van der Waals surface area contributed by atoms with Crippen LogP contribution in [0.25, 0.3) is 0 Å². The van der Waals surface area contributed by atoms with E-state index in [1.54, 1.807) is 0 Å². The van der Waals surface area contributed by atoms with E-state index in [1.807, 2.05) is 4.72 Å². The first-order valence-electron chi connectivity index (χ1n) is 6.62. The smallest absolute Gasteiger partial charge is 0.240 e. The zero-order chi connectivity index (χ0) is 16.5. The van der Waals surface area contributed by atoms with Crippen LogP contribution in [0, 0.1) is 11.7 Å². The number of sulfonamides is 2. The highest BCUT2D eigenvalue weighted by Crippen LogP contribution is 2.33. The molecule has 7 nitrogen and oxygen atoms in total. The van der Waals surface area contributed by atoms with Crippen LogP contribution in [0.2, 0.25) is 0 Å². The van der Waals surface area contributed by atoms with Crippen molar-refractivity contribution in [3.8, 4) is 0 Å². The molecule has 1 fully saturated rings. The summed E-state index contributed by atoms with van der Waals surface area (Å²) in [5.74, 6) is -0.750. The van der Waals surface area contributed by atoms with Crippen molar-refractivity contribution in [2.75, 3.05) is 17.5 Å². The van der Waals surface area contributed by atoms with Gasteiger partial charge in [-0.3, -0.25) is 4.72 Å². The van der Waals surface area contributed by atoms with Gasteiger partial charge >= 0.3 is 0 Å². The summed E-state index contributed by atoms with van der Waals surface area (Å²) in [4.78, 5) is -0.275. The van der Waals surface area contributed by atoms with Crippen LogP contribution >= 0.6 is 0 Å². The Labute approximate surface area is 129 Å². The van der Waals surface area contributed by atoms with E-state index in [0.717, 1.165) is 37.3 Å². The van der Waals surface area contributed by atoms with Crippen LogP contribution in [0.5, 0.6) is 0 Å². The van der Waals surface area contributed by atoms with E-state index in [2.05, 4.69) is 4.72 Å². The second kappa shape index (κ2) is 6.11. The number of nitrogens with two attached hydrogens (primary N) is 1. The molecule has 124 valence electrons. The predicted octanol–water partition coefficient (Wildman–Crippen LogP) is 0.213. The van der Waals surface area contributed by atoms with Crippen molar-refractivity contribution in [3.05, 3.63) is 24.0 Å². The van der Waals surface area contributed by atoms with Gasteiger partial charge in [0.1, 0.15) is 5.82 Å². The van der Waals surface area contributed by atoms with Crippen molar-refractivity contribution >= 4 is 25.7 Å². The number of hydrogen-bond acceptors (Lipinski definition) is 5. The predicted molar refractivity (Wildman–Crippen MR) is 80.8 cm³/mol. The second-order valence-corrected chi connectivity index (χ2v) is 8.78. The van der Waals surface area contributed by atoms with E-state index in [4.69, 9.17) is 5.73 Å². The summed E-state index contributed by atoms with van der Waals surface area (Å²) < 4.78 is 64.9. The Bertz CT molecular complexity index is 761. The van der Waals surface area contributed by atoms with Gasteiger partial charge in [-0.2, -0.15) is 0 Å². The molecule has 0 saturated heterocycles. The summed E-state index contributed by atoms with van der Waals surface area (Å²) in [5.41, 5.74) is 5.24. The summed E-state index contributed by atoms with van der Waals surface area (Å²) in [7, 11) is -7.55. The van der Waals surface area contributed by atoms with Gasteiger partial charge in [-0.1, -0.05) is 0 Å². The molecule has 22 heavy (non-hydrogen) atoms. The molecule has 1 aliphatic carbocycles. The van der Waals surface area contributed by atoms with Crippen LogP contribution in [0.4, 0.5) is 10.1 Å². The Balaban J connectivity index is 2.22. The molecule has 1 saturated carbocycles. The molecular formula is C12H18FN3O4S2. The van der Waals surface area contributed by atoms with Crippen molar-refractivity contribution in [2.45, 2.75) is 23.8 Å². The van der Waals surface area contributed by atoms with Crippen molar-refractivity contribution in [2.24, 2.45) is 11.7 Å². The zero-order valence-corrected chi connectivity index (χ0v) is 13.5. The Morgan fingerprint density at radius 2 is 1.95 bits per heavy atom. The summed E-state index contributed by atoms with van der Waals surface area (Å²) in [6, 6.07) is 2.61. The van der Waals surface area contributed by atoms with Gasteiger partial charge in [0.2, 0.25) is 20.0 Å². The molecule has 0 radical (unpaired) electrons. The third kappa shape index (κ3) is 4.38. The van der Waals surface area contributed by atoms with Gasteiger partial charge < -0.3 is 5.73 Å². The third-order valence-corrected chi connectivity index (χ3v) is 5.38. The van der Waals surface area contributed by atoms with Crippen LogP contribution in [0.1, 0.15) is 12.8 Å². The molecule has 0 spiro atoms. The van der Waals surface area contributed by atoms with Crippen molar-refractivity contribution in [3.63, 3.8) is 0 Å². The Morgan fingerprint density at radius 3 is 2.41 bits per heavy atom. The summed E-state index contributed by atoms with van der Waals surface area (Å²) in [5, 5.41) is 0. The average molecular weight is 351 g/mol. The van der Waals surface area contributed by atoms with E-state index in [9.17, 15) is 21.2 Å². The number of rotatable bonds is 7. The molecule has 1 aliphatic rings. The molecule has 1 unspecified atom stereocenters. The van der Waals surface area contributed by atoms with Crippen LogP contribution in [-0.2, 0) is 20.0 Å². The van der Waals surface area contributed by atoms with Crippen LogP contribution < -0.4 is 15.2 Å². The monoisotopic (exact) mass is 351 g/mol. The number of benzene rings is 1. The summed E-state index contributed by atoms with van der Waals surface area (Å²) >= 11 is 0. The third-order valence-electron chi connectivity index (χ3n) is 3.30. The molecule has 0 heterocycles. The molecule has 2 rings (SSSR count). The van der Waals surface area contributed by atoms with Gasteiger partial charge in [0.15, 0.2) is 0 Å². The minimum Gasteiger partial charge on any atom is -0.329 e. The number of anilines is 1. The molecule has 0 bridgehead atoms. The Kier molecular flexibility index (Phi) is 4.76. The lowest BCUT2D eigenvalue weighted by Crippen LogP contribution is -2.41. The minimum atomic E-state index is -3.91. The standard InChI is InChI=1S/C12H18FN3O4S2/c1-21(17,18)15-11-5-4-9(6-10(11)13)22(19,20)16-12(7-14)8-2-3-8/h4-6,8,12,15-16H,2-3,7,14H2,1H3. The van der Waals surface area contributed by atoms with E-state index >= 15 is 0 Å². The van der Waals surface area contributed by atoms with Gasteiger partial charge in [0.25, 0.3) is 0 Å². The fourth-order valence-electron chi connectivity index (χ4n) is 2.05. The first-order valence-corrected chi connectivity index (χ1v) is 9.99. The number of halogens is 1. The van der Waals surface area contributed by atoms with Gasteiger partial charge in [-0.25, -0.2) is 25.9 Å². The lowest BCUT2D eigenvalue weighted by atomic mass is 10.2. The van der Waals surface area contributed by atoms with Gasteiger partial charge in [-0.05, 0) is 37.0 Å². The summed E-state index contributed by atoms with van der Waals surface area (Å²) in [6.45, 7) is 0.167. The maximum absolute atomic E-state index is 13.9. The molecule has 1 aromatic carbocycles. The fourth-order valence-corrected chi connectivity index (χ4v) is 3.94. The van der Waals surface area contributed by atoms with Gasteiger partial charge in [0.05, 0.1) is 16.8 Å². The number of hydrogen-bond donors (Lipinski definition) is 3. The van der Waals surface area contributed by atoms with Gasteiger partial charge in [0, 0.05) is 12.6 Å². The first kappa shape index (κ1) is 17.1. The maximum atomic E-state index is 13.9. The topological polar surface area (TPSA) is 118 Å². The molecule has 0 aromatic heterocycles.